The maximum Gasteiger partial charge on any atom is 0.105 e. The van der Waals surface area contributed by atoms with E-state index in [9.17, 15) is 0 Å². The van der Waals surface area contributed by atoms with Crippen LogP contribution in [0.15, 0.2) is 40.8 Å². The van der Waals surface area contributed by atoms with Crippen LogP contribution in [0.5, 0.6) is 0 Å². The van der Waals surface area contributed by atoms with Crippen LogP contribution in [0.2, 0.25) is 0 Å². The summed E-state index contributed by atoms with van der Waals surface area (Å²) in [5, 5.41) is 3.41. The highest BCUT2D eigenvalue weighted by molar-refractivity contribution is 5.22. The van der Waals surface area contributed by atoms with Crippen LogP contribution >= 0.6 is 0 Å². The van der Waals surface area contributed by atoms with Gasteiger partial charge in [0.15, 0.2) is 0 Å². The van der Waals surface area contributed by atoms with Crippen LogP contribution in [0.3, 0.4) is 0 Å². The molecule has 0 saturated carbocycles. The zero-order valence-corrected chi connectivity index (χ0v) is 10.8. The maximum atomic E-state index is 5.56. The SMILES string of the molecule is Cc1ccc(CCNCc2ccc(CN)cc2)o1. The van der Waals surface area contributed by atoms with E-state index in [-0.39, 0.29) is 0 Å². The summed E-state index contributed by atoms with van der Waals surface area (Å²) in [5.41, 5.74) is 8.01. The molecule has 96 valence electrons. The van der Waals surface area contributed by atoms with Crippen LogP contribution in [0.1, 0.15) is 22.6 Å². The van der Waals surface area contributed by atoms with Crippen LogP contribution in [0.4, 0.5) is 0 Å². The third kappa shape index (κ3) is 3.72. The number of nitrogens with two attached hydrogens (primary N) is 1. The fourth-order valence-corrected chi connectivity index (χ4v) is 1.86. The Morgan fingerprint density at radius 2 is 1.78 bits per heavy atom. The standard InChI is InChI=1S/C15H20N2O/c1-12-2-7-15(18-12)8-9-17-11-14-5-3-13(10-16)4-6-14/h2-7,17H,8-11,16H2,1H3. The fraction of sp³-hybridized carbons (Fsp3) is 0.333. The van der Waals surface area contributed by atoms with Crippen molar-refractivity contribution in [1.29, 1.82) is 0 Å². The van der Waals surface area contributed by atoms with Gasteiger partial charge >= 0.3 is 0 Å². The molecule has 0 aliphatic heterocycles. The van der Waals surface area contributed by atoms with Crippen molar-refractivity contribution in [2.45, 2.75) is 26.4 Å². The van der Waals surface area contributed by atoms with Crippen LogP contribution in [0, 0.1) is 6.92 Å². The highest BCUT2D eigenvalue weighted by atomic mass is 16.3. The van der Waals surface area contributed by atoms with Crippen LogP contribution in [0.25, 0.3) is 0 Å². The smallest absolute Gasteiger partial charge is 0.105 e. The molecule has 3 nitrogen and oxygen atoms in total. The second-order valence-electron chi connectivity index (χ2n) is 4.46. The first-order chi connectivity index (χ1) is 8.78. The number of rotatable bonds is 6. The molecule has 0 saturated heterocycles. The number of nitrogens with one attached hydrogen (secondary N) is 1. The highest BCUT2D eigenvalue weighted by Crippen LogP contribution is 2.07. The Hall–Kier alpha value is -1.58. The number of benzene rings is 1. The van der Waals surface area contributed by atoms with Gasteiger partial charge in [0.2, 0.25) is 0 Å². The molecule has 3 heteroatoms. The van der Waals surface area contributed by atoms with E-state index in [1.807, 2.05) is 19.1 Å². The minimum Gasteiger partial charge on any atom is -0.466 e. The third-order valence-corrected chi connectivity index (χ3v) is 2.93. The molecule has 2 aromatic rings. The molecule has 1 heterocycles. The fourth-order valence-electron chi connectivity index (χ4n) is 1.86. The molecular formula is C15H20N2O. The third-order valence-electron chi connectivity index (χ3n) is 2.93. The molecule has 1 aromatic heterocycles. The van der Waals surface area contributed by atoms with Crippen molar-refractivity contribution in [3.8, 4) is 0 Å². The molecule has 0 radical (unpaired) electrons. The van der Waals surface area contributed by atoms with Crippen molar-refractivity contribution < 1.29 is 4.42 Å². The van der Waals surface area contributed by atoms with Crippen molar-refractivity contribution in [1.82, 2.24) is 5.32 Å². The quantitative estimate of drug-likeness (QED) is 0.767. The summed E-state index contributed by atoms with van der Waals surface area (Å²) < 4.78 is 5.51. The lowest BCUT2D eigenvalue weighted by atomic mass is 10.1. The first kappa shape index (κ1) is 12.9. The van der Waals surface area contributed by atoms with Crippen molar-refractivity contribution in [3.05, 3.63) is 59.0 Å². The van der Waals surface area contributed by atoms with Gasteiger partial charge in [0.05, 0.1) is 0 Å². The van der Waals surface area contributed by atoms with Gasteiger partial charge in [-0.2, -0.15) is 0 Å². The highest BCUT2D eigenvalue weighted by Gasteiger charge is 1.98. The zero-order valence-electron chi connectivity index (χ0n) is 10.8. The van der Waals surface area contributed by atoms with Crippen LogP contribution in [-0.4, -0.2) is 6.54 Å². The Kier molecular flexibility index (Phi) is 4.56. The molecular weight excluding hydrogens is 224 g/mol. The van der Waals surface area contributed by atoms with Gasteiger partial charge in [0.1, 0.15) is 11.5 Å². The molecule has 0 amide bonds. The summed E-state index contributed by atoms with van der Waals surface area (Å²) in [5.74, 6) is 2.01. The van der Waals surface area contributed by atoms with E-state index in [1.54, 1.807) is 0 Å². The van der Waals surface area contributed by atoms with E-state index in [4.69, 9.17) is 10.2 Å². The summed E-state index contributed by atoms with van der Waals surface area (Å²) >= 11 is 0. The summed E-state index contributed by atoms with van der Waals surface area (Å²) in [6.07, 6.45) is 0.925. The van der Waals surface area contributed by atoms with Crippen molar-refractivity contribution in [3.63, 3.8) is 0 Å². The number of hydrogen-bond donors (Lipinski definition) is 2. The van der Waals surface area contributed by atoms with Crippen molar-refractivity contribution in [2.75, 3.05) is 6.54 Å². The molecule has 3 N–H and O–H groups in total. The van der Waals surface area contributed by atoms with Gasteiger partial charge in [0, 0.05) is 26.1 Å². The second-order valence-corrected chi connectivity index (χ2v) is 4.46. The van der Waals surface area contributed by atoms with Gasteiger partial charge in [-0.1, -0.05) is 24.3 Å². The lowest BCUT2D eigenvalue weighted by molar-refractivity contribution is 0.475. The molecule has 0 aliphatic carbocycles. The largest absolute Gasteiger partial charge is 0.466 e. The predicted octanol–water partition coefficient (Wildman–Crippen LogP) is 2.38. The minimum absolute atomic E-state index is 0.603. The molecule has 18 heavy (non-hydrogen) atoms. The average Bonchev–Trinajstić information content (AvgIpc) is 2.81. The minimum atomic E-state index is 0.603. The molecule has 0 atom stereocenters. The van der Waals surface area contributed by atoms with E-state index in [0.29, 0.717) is 6.54 Å². The Labute approximate surface area is 108 Å². The normalized spacial score (nSPS) is 10.8. The Balaban J connectivity index is 1.71. The zero-order chi connectivity index (χ0) is 12.8. The van der Waals surface area contributed by atoms with E-state index in [2.05, 4.69) is 29.6 Å². The molecule has 0 spiro atoms. The summed E-state index contributed by atoms with van der Waals surface area (Å²) in [7, 11) is 0. The van der Waals surface area contributed by atoms with Crippen molar-refractivity contribution in [2.24, 2.45) is 5.73 Å². The second kappa shape index (κ2) is 6.38. The van der Waals surface area contributed by atoms with Gasteiger partial charge in [-0.25, -0.2) is 0 Å². The molecule has 0 bridgehead atoms. The molecule has 1 aromatic carbocycles. The van der Waals surface area contributed by atoms with Gasteiger partial charge in [0.25, 0.3) is 0 Å². The van der Waals surface area contributed by atoms with Crippen LogP contribution < -0.4 is 11.1 Å². The lowest BCUT2D eigenvalue weighted by Gasteiger charge is -2.04. The molecule has 0 aliphatic rings. The van der Waals surface area contributed by atoms with Gasteiger partial charge in [-0.3, -0.25) is 0 Å². The average molecular weight is 244 g/mol. The Morgan fingerprint density at radius 1 is 1.06 bits per heavy atom. The summed E-state index contributed by atoms with van der Waals surface area (Å²) in [6, 6.07) is 12.4. The summed E-state index contributed by atoms with van der Waals surface area (Å²) in [6.45, 7) is 4.37. The monoisotopic (exact) mass is 244 g/mol. The topological polar surface area (TPSA) is 51.2 Å². The van der Waals surface area contributed by atoms with E-state index < -0.39 is 0 Å². The summed E-state index contributed by atoms with van der Waals surface area (Å²) in [4.78, 5) is 0. The Morgan fingerprint density at radius 3 is 2.39 bits per heavy atom. The first-order valence-corrected chi connectivity index (χ1v) is 6.32. The molecule has 0 unspecified atom stereocenters. The predicted molar refractivity (Wildman–Crippen MR) is 73.2 cm³/mol. The Bertz CT molecular complexity index is 473. The van der Waals surface area contributed by atoms with E-state index in [1.165, 1.54) is 11.1 Å². The number of furan rings is 1. The van der Waals surface area contributed by atoms with Crippen LogP contribution in [-0.2, 0) is 19.5 Å². The van der Waals surface area contributed by atoms with E-state index >= 15 is 0 Å². The van der Waals surface area contributed by atoms with E-state index in [0.717, 1.165) is 31.0 Å². The number of hydrogen-bond acceptors (Lipinski definition) is 3. The number of aryl methyl sites for hydroxylation is 1. The van der Waals surface area contributed by atoms with Gasteiger partial charge < -0.3 is 15.5 Å². The molecule has 0 fully saturated rings. The molecule has 2 rings (SSSR count). The van der Waals surface area contributed by atoms with Crippen molar-refractivity contribution >= 4 is 0 Å². The lowest BCUT2D eigenvalue weighted by Crippen LogP contribution is -2.16. The van der Waals surface area contributed by atoms with Gasteiger partial charge in [-0.15, -0.1) is 0 Å². The maximum absolute atomic E-state index is 5.56. The first-order valence-electron chi connectivity index (χ1n) is 6.32. The van der Waals surface area contributed by atoms with Gasteiger partial charge in [-0.05, 0) is 30.2 Å².